The fraction of sp³-hybridized carbons (Fsp3) is 0.100. The molecule has 0 saturated heterocycles. The highest BCUT2D eigenvalue weighted by Gasteiger charge is 2.19. The molecule has 0 aliphatic carbocycles. The van der Waals surface area contributed by atoms with Crippen molar-refractivity contribution in [2.75, 3.05) is 0 Å². The summed E-state index contributed by atoms with van der Waals surface area (Å²) in [5, 5.41) is 0. The Morgan fingerprint density at radius 3 is 1.50 bits per heavy atom. The van der Waals surface area contributed by atoms with Crippen LogP contribution in [0.5, 0.6) is 11.5 Å². The van der Waals surface area contributed by atoms with E-state index in [2.05, 4.69) is 13.2 Å². The minimum absolute atomic E-state index is 0.380. The van der Waals surface area contributed by atoms with Crippen LogP contribution < -0.4 is 9.47 Å². The summed E-state index contributed by atoms with van der Waals surface area (Å²) < 4.78 is 10.7. The van der Waals surface area contributed by atoms with Crippen molar-refractivity contribution in [3.05, 3.63) is 72.8 Å². The molecule has 0 aliphatic heterocycles. The maximum Gasteiger partial charge on any atom is 0.335 e. The molecule has 0 fully saturated rings. The molecule has 0 bridgehead atoms. The Labute approximate surface area is 141 Å². The second-order valence-electron chi connectivity index (χ2n) is 5.15. The van der Waals surface area contributed by atoms with E-state index in [1.807, 2.05) is 26.0 Å². The van der Waals surface area contributed by atoms with Gasteiger partial charge in [-0.25, -0.2) is 9.59 Å². The third-order valence-electron chi connectivity index (χ3n) is 3.47. The van der Waals surface area contributed by atoms with Crippen LogP contribution in [-0.2, 0) is 9.59 Å². The Hall–Kier alpha value is -3.14. The van der Waals surface area contributed by atoms with Crippen LogP contribution in [0.2, 0.25) is 0 Å². The lowest BCUT2D eigenvalue weighted by atomic mass is 9.94. The lowest BCUT2D eigenvalue weighted by Crippen LogP contribution is -2.08. The zero-order valence-corrected chi connectivity index (χ0v) is 13.7. The number of benzene rings is 2. The smallest absolute Gasteiger partial charge is 0.335 e. The number of hydrogen-bond acceptors (Lipinski definition) is 4. The summed E-state index contributed by atoms with van der Waals surface area (Å²) in [4.78, 5) is 23.3. The van der Waals surface area contributed by atoms with Crippen molar-refractivity contribution >= 4 is 11.9 Å². The first-order valence-electron chi connectivity index (χ1n) is 7.36. The van der Waals surface area contributed by atoms with Crippen molar-refractivity contribution in [3.63, 3.8) is 0 Å². The van der Waals surface area contributed by atoms with Gasteiger partial charge in [-0.2, -0.15) is 0 Å². The second-order valence-corrected chi connectivity index (χ2v) is 5.15. The number of aryl methyl sites for hydroxylation is 2. The maximum absolute atomic E-state index is 11.6. The predicted molar refractivity (Wildman–Crippen MR) is 93.0 cm³/mol. The number of carbonyl (C=O) groups is 2. The summed E-state index contributed by atoms with van der Waals surface area (Å²) in [6, 6.07) is 10.7. The van der Waals surface area contributed by atoms with E-state index in [4.69, 9.17) is 9.47 Å². The van der Waals surface area contributed by atoms with Gasteiger partial charge in [0.2, 0.25) is 0 Å². The maximum atomic E-state index is 11.6. The zero-order valence-electron chi connectivity index (χ0n) is 13.7. The Morgan fingerprint density at radius 2 is 1.17 bits per heavy atom. The molecule has 2 aromatic rings. The first kappa shape index (κ1) is 17.2. The molecular formula is C20H18O4. The molecule has 0 saturated carbocycles. The lowest BCUT2D eigenvalue weighted by molar-refractivity contribution is -0.129. The van der Waals surface area contributed by atoms with Crippen molar-refractivity contribution in [1.82, 2.24) is 0 Å². The SMILES string of the molecule is C=CC(=O)Oc1cccc(C)c1-c1c(C)cccc1OC(=O)C=C. The van der Waals surface area contributed by atoms with Crippen LogP contribution in [0.1, 0.15) is 11.1 Å². The van der Waals surface area contributed by atoms with Gasteiger partial charge < -0.3 is 9.47 Å². The Bertz CT molecular complexity index is 749. The minimum Gasteiger partial charge on any atom is -0.423 e. The van der Waals surface area contributed by atoms with E-state index in [0.29, 0.717) is 22.6 Å². The summed E-state index contributed by atoms with van der Waals surface area (Å²) in [5.74, 6) is -0.352. The van der Waals surface area contributed by atoms with Crippen LogP contribution in [0, 0.1) is 13.8 Å². The Kier molecular flexibility index (Phi) is 5.32. The van der Waals surface area contributed by atoms with Gasteiger partial charge in [-0.15, -0.1) is 0 Å². The minimum atomic E-state index is -0.555. The first-order chi connectivity index (χ1) is 11.5. The second kappa shape index (κ2) is 7.42. The normalized spacial score (nSPS) is 9.92. The third-order valence-corrected chi connectivity index (χ3v) is 3.47. The van der Waals surface area contributed by atoms with Gasteiger partial charge in [0.25, 0.3) is 0 Å². The highest BCUT2D eigenvalue weighted by Crippen LogP contribution is 2.41. The van der Waals surface area contributed by atoms with Gasteiger partial charge in [0.05, 0.1) is 0 Å². The number of rotatable bonds is 5. The lowest BCUT2D eigenvalue weighted by Gasteiger charge is -2.17. The Morgan fingerprint density at radius 1 is 0.792 bits per heavy atom. The van der Waals surface area contributed by atoms with E-state index >= 15 is 0 Å². The molecule has 0 radical (unpaired) electrons. The first-order valence-corrected chi connectivity index (χ1v) is 7.36. The van der Waals surface area contributed by atoms with Crippen LogP contribution in [0.3, 0.4) is 0 Å². The summed E-state index contributed by atoms with van der Waals surface area (Å²) >= 11 is 0. The van der Waals surface area contributed by atoms with Gasteiger partial charge in [-0.3, -0.25) is 0 Å². The monoisotopic (exact) mass is 322 g/mol. The average molecular weight is 322 g/mol. The van der Waals surface area contributed by atoms with E-state index < -0.39 is 11.9 Å². The van der Waals surface area contributed by atoms with Gasteiger partial charge in [-0.1, -0.05) is 37.4 Å². The molecule has 0 amide bonds. The van der Waals surface area contributed by atoms with E-state index in [0.717, 1.165) is 23.3 Å². The fourth-order valence-electron chi connectivity index (χ4n) is 2.39. The summed E-state index contributed by atoms with van der Waals surface area (Å²) in [6.07, 6.45) is 2.20. The van der Waals surface area contributed by atoms with Crippen LogP contribution >= 0.6 is 0 Å². The van der Waals surface area contributed by atoms with Gasteiger partial charge >= 0.3 is 11.9 Å². The third kappa shape index (κ3) is 3.60. The quantitative estimate of drug-likeness (QED) is 0.471. The van der Waals surface area contributed by atoms with E-state index in [1.54, 1.807) is 24.3 Å². The molecule has 0 spiro atoms. The molecule has 0 heterocycles. The van der Waals surface area contributed by atoms with Crippen molar-refractivity contribution in [2.24, 2.45) is 0 Å². The Balaban J connectivity index is 2.67. The number of ether oxygens (including phenoxy) is 2. The molecule has 4 nitrogen and oxygen atoms in total. The number of carbonyl (C=O) groups excluding carboxylic acids is 2. The van der Waals surface area contributed by atoms with E-state index in [9.17, 15) is 9.59 Å². The highest BCUT2D eigenvalue weighted by molar-refractivity contribution is 5.90. The van der Waals surface area contributed by atoms with Crippen molar-refractivity contribution in [3.8, 4) is 22.6 Å². The molecule has 122 valence electrons. The number of hydrogen-bond donors (Lipinski definition) is 0. The van der Waals surface area contributed by atoms with Gasteiger partial charge in [0.1, 0.15) is 11.5 Å². The van der Waals surface area contributed by atoms with Crippen LogP contribution in [0.15, 0.2) is 61.7 Å². The fourth-order valence-corrected chi connectivity index (χ4v) is 2.39. The topological polar surface area (TPSA) is 52.6 Å². The van der Waals surface area contributed by atoms with Crippen LogP contribution in [0.4, 0.5) is 0 Å². The molecule has 2 aromatic carbocycles. The molecule has 4 heteroatoms. The van der Waals surface area contributed by atoms with Gasteiger partial charge in [0, 0.05) is 23.3 Å². The summed E-state index contributed by atoms with van der Waals surface area (Å²) in [5.41, 5.74) is 3.15. The predicted octanol–water partition coefficient (Wildman–Crippen LogP) is 4.15. The highest BCUT2D eigenvalue weighted by atomic mass is 16.5. The molecule has 24 heavy (non-hydrogen) atoms. The van der Waals surface area contributed by atoms with E-state index in [-0.39, 0.29) is 0 Å². The largest absolute Gasteiger partial charge is 0.423 e. The van der Waals surface area contributed by atoms with Crippen LogP contribution in [-0.4, -0.2) is 11.9 Å². The van der Waals surface area contributed by atoms with Gasteiger partial charge in [0.15, 0.2) is 0 Å². The van der Waals surface area contributed by atoms with Crippen molar-refractivity contribution in [1.29, 1.82) is 0 Å². The molecule has 0 N–H and O–H groups in total. The average Bonchev–Trinajstić information content (AvgIpc) is 2.56. The van der Waals surface area contributed by atoms with Crippen molar-refractivity contribution < 1.29 is 19.1 Å². The summed E-state index contributed by atoms with van der Waals surface area (Å²) in [6.45, 7) is 10.6. The molecule has 0 aliphatic rings. The standard InChI is InChI=1S/C20H18O4/c1-5-17(21)23-15-11-7-9-13(3)19(15)20-14(4)10-8-12-16(20)24-18(22)6-2/h5-12H,1-2H2,3-4H3. The van der Waals surface area contributed by atoms with Crippen LogP contribution in [0.25, 0.3) is 11.1 Å². The van der Waals surface area contributed by atoms with Crippen molar-refractivity contribution in [2.45, 2.75) is 13.8 Å². The van der Waals surface area contributed by atoms with E-state index in [1.165, 1.54) is 0 Å². The molecule has 0 atom stereocenters. The molecular weight excluding hydrogens is 304 g/mol. The molecule has 0 unspecified atom stereocenters. The zero-order chi connectivity index (χ0) is 17.7. The van der Waals surface area contributed by atoms with Gasteiger partial charge in [-0.05, 0) is 37.1 Å². The summed E-state index contributed by atoms with van der Waals surface area (Å²) in [7, 11) is 0. The molecule has 0 aromatic heterocycles. The molecule has 2 rings (SSSR count). The number of esters is 2.